The Balaban J connectivity index is 1.66. The third-order valence-corrected chi connectivity index (χ3v) is 6.34. The van der Waals surface area contributed by atoms with Gasteiger partial charge in [0.1, 0.15) is 5.54 Å². The molecule has 3 amide bonds. The summed E-state index contributed by atoms with van der Waals surface area (Å²) in [5, 5.41) is 1.24. The number of para-hydroxylation sites is 1. The maximum atomic E-state index is 13.3. The fourth-order valence-corrected chi connectivity index (χ4v) is 4.39. The second-order valence-corrected chi connectivity index (χ2v) is 9.26. The average Bonchev–Trinajstić information content (AvgIpc) is 2.88. The summed E-state index contributed by atoms with van der Waals surface area (Å²) in [7, 11) is 0. The summed E-state index contributed by atoms with van der Waals surface area (Å²) in [5.41, 5.74) is -4.01. The van der Waals surface area contributed by atoms with E-state index >= 15 is 0 Å². The van der Waals surface area contributed by atoms with Crippen LogP contribution in [0.1, 0.15) is 19.4 Å². The van der Waals surface area contributed by atoms with Gasteiger partial charge in [-0.2, -0.15) is 13.2 Å². The van der Waals surface area contributed by atoms with Gasteiger partial charge in [0.15, 0.2) is 0 Å². The molecule has 32 heavy (non-hydrogen) atoms. The first-order valence-corrected chi connectivity index (χ1v) is 10.7. The molecule has 2 heterocycles. The molecule has 2 aromatic carbocycles. The SMILES string of the molecule is CC1(C)C(=O)N(c2ccc(SC(F)(F)F)cc2)C(=O)N1Cc1ccnc2c(Cl)cccc12. The van der Waals surface area contributed by atoms with Crippen LogP contribution in [-0.2, 0) is 11.3 Å². The highest BCUT2D eigenvalue weighted by Crippen LogP contribution is 2.39. The molecule has 10 heteroatoms. The standard InChI is InChI=1S/C22H17ClF3N3O2S/c1-21(2)19(30)29(14-6-8-15(9-7-14)32-22(24,25)26)20(31)28(21)12-13-10-11-27-18-16(13)4-3-5-17(18)23/h3-11H,12H2,1-2H3. The zero-order chi connectivity index (χ0) is 23.3. The van der Waals surface area contributed by atoms with Crippen LogP contribution in [0.15, 0.2) is 59.6 Å². The van der Waals surface area contributed by atoms with Gasteiger partial charge in [-0.3, -0.25) is 9.78 Å². The van der Waals surface area contributed by atoms with E-state index in [1.54, 1.807) is 38.2 Å². The molecule has 1 aliphatic heterocycles. The summed E-state index contributed by atoms with van der Waals surface area (Å²) in [4.78, 5) is 33.1. The van der Waals surface area contributed by atoms with Gasteiger partial charge in [0.2, 0.25) is 0 Å². The topological polar surface area (TPSA) is 53.5 Å². The first-order chi connectivity index (χ1) is 15.0. The van der Waals surface area contributed by atoms with Crippen LogP contribution in [0, 0.1) is 0 Å². The van der Waals surface area contributed by atoms with Crippen LogP contribution in [0.25, 0.3) is 10.9 Å². The van der Waals surface area contributed by atoms with E-state index in [4.69, 9.17) is 11.6 Å². The van der Waals surface area contributed by atoms with E-state index in [2.05, 4.69) is 4.98 Å². The number of pyridine rings is 1. The monoisotopic (exact) mass is 479 g/mol. The van der Waals surface area contributed by atoms with Crippen molar-refractivity contribution in [3.63, 3.8) is 0 Å². The Kier molecular flexibility index (Phi) is 5.58. The molecule has 0 bridgehead atoms. The van der Waals surface area contributed by atoms with Gasteiger partial charge in [0, 0.05) is 23.0 Å². The number of anilines is 1. The lowest BCUT2D eigenvalue weighted by molar-refractivity contribution is -0.123. The van der Waals surface area contributed by atoms with Crippen molar-refractivity contribution in [2.75, 3.05) is 4.90 Å². The summed E-state index contributed by atoms with van der Waals surface area (Å²) >= 11 is 5.97. The van der Waals surface area contributed by atoms with Crippen LogP contribution >= 0.6 is 23.4 Å². The normalized spacial score (nSPS) is 16.3. The minimum Gasteiger partial charge on any atom is -0.305 e. The molecule has 0 saturated carbocycles. The first-order valence-electron chi connectivity index (χ1n) is 9.53. The number of halogens is 4. The predicted octanol–water partition coefficient (Wildman–Crippen LogP) is 6.25. The highest BCUT2D eigenvalue weighted by Gasteiger charge is 2.51. The number of aromatic nitrogens is 1. The number of benzene rings is 2. The third kappa shape index (κ3) is 4.02. The van der Waals surface area contributed by atoms with Gasteiger partial charge in [0.25, 0.3) is 5.91 Å². The summed E-state index contributed by atoms with van der Waals surface area (Å²) in [6, 6.07) is 11.7. The molecule has 1 fully saturated rings. The lowest BCUT2D eigenvalue weighted by Gasteiger charge is -2.28. The molecule has 1 aliphatic rings. The lowest BCUT2D eigenvalue weighted by Crippen LogP contribution is -2.43. The minimum atomic E-state index is -4.42. The van der Waals surface area contributed by atoms with Crippen molar-refractivity contribution in [3.05, 3.63) is 65.3 Å². The quantitative estimate of drug-likeness (QED) is 0.328. The zero-order valence-corrected chi connectivity index (χ0v) is 18.6. The molecule has 0 N–H and O–H groups in total. The highest BCUT2D eigenvalue weighted by molar-refractivity contribution is 8.00. The number of imide groups is 1. The van der Waals surface area contributed by atoms with E-state index in [0.29, 0.717) is 10.5 Å². The van der Waals surface area contributed by atoms with Crippen molar-refractivity contribution in [1.29, 1.82) is 0 Å². The highest BCUT2D eigenvalue weighted by atomic mass is 35.5. The van der Waals surface area contributed by atoms with Gasteiger partial charge in [-0.1, -0.05) is 23.7 Å². The molecule has 1 saturated heterocycles. The molecule has 4 rings (SSSR count). The molecule has 0 atom stereocenters. The van der Waals surface area contributed by atoms with Crippen molar-refractivity contribution in [2.45, 2.75) is 36.3 Å². The van der Waals surface area contributed by atoms with Gasteiger partial charge < -0.3 is 4.90 Å². The van der Waals surface area contributed by atoms with Gasteiger partial charge in [0.05, 0.1) is 16.2 Å². The number of nitrogens with zero attached hydrogens (tertiary/aromatic N) is 3. The van der Waals surface area contributed by atoms with Crippen LogP contribution in [-0.4, -0.2) is 32.9 Å². The number of thioether (sulfide) groups is 1. The Hall–Kier alpha value is -2.78. The Bertz CT molecular complexity index is 1220. The van der Waals surface area contributed by atoms with Crippen molar-refractivity contribution in [3.8, 4) is 0 Å². The summed E-state index contributed by atoms with van der Waals surface area (Å²) < 4.78 is 37.8. The summed E-state index contributed by atoms with van der Waals surface area (Å²) in [5.74, 6) is -0.463. The number of fused-ring (bicyclic) bond motifs is 1. The van der Waals surface area contributed by atoms with E-state index in [1.807, 2.05) is 6.07 Å². The lowest BCUT2D eigenvalue weighted by atomic mass is 10.0. The molecule has 5 nitrogen and oxygen atoms in total. The molecule has 0 unspecified atom stereocenters. The largest absolute Gasteiger partial charge is 0.446 e. The summed E-state index contributed by atoms with van der Waals surface area (Å²) in [6.45, 7) is 3.41. The zero-order valence-electron chi connectivity index (χ0n) is 17.0. The van der Waals surface area contributed by atoms with Crippen molar-refractivity contribution >= 4 is 51.9 Å². The van der Waals surface area contributed by atoms with E-state index in [-0.39, 0.29) is 28.9 Å². The maximum Gasteiger partial charge on any atom is 0.446 e. The fraction of sp³-hybridized carbons (Fsp3) is 0.227. The number of urea groups is 1. The second-order valence-electron chi connectivity index (χ2n) is 7.72. The smallest absolute Gasteiger partial charge is 0.305 e. The number of carbonyl (C=O) groups excluding carboxylic acids is 2. The number of carbonyl (C=O) groups is 2. The predicted molar refractivity (Wildman–Crippen MR) is 118 cm³/mol. The Morgan fingerprint density at radius 1 is 1.06 bits per heavy atom. The van der Waals surface area contributed by atoms with Crippen molar-refractivity contribution in [1.82, 2.24) is 9.88 Å². The Labute approximate surface area is 191 Å². The van der Waals surface area contributed by atoms with Crippen molar-refractivity contribution < 1.29 is 22.8 Å². The fourth-order valence-electron chi connectivity index (χ4n) is 3.63. The Morgan fingerprint density at radius 3 is 2.41 bits per heavy atom. The van der Waals surface area contributed by atoms with Gasteiger partial charge in [-0.25, -0.2) is 9.69 Å². The maximum absolute atomic E-state index is 13.3. The first kappa shape index (κ1) is 22.4. The van der Waals surface area contributed by atoms with E-state index in [0.717, 1.165) is 15.8 Å². The second kappa shape index (κ2) is 7.97. The van der Waals surface area contributed by atoms with Crippen LogP contribution in [0.2, 0.25) is 5.02 Å². The molecule has 0 spiro atoms. The van der Waals surface area contributed by atoms with E-state index < -0.39 is 23.0 Å². The van der Waals surface area contributed by atoms with Gasteiger partial charge in [-0.15, -0.1) is 0 Å². The molecular weight excluding hydrogens is 463 g/mol. The third-order valence-electron chi connectivity index (χ3n) is 5.29. The van der Waals surface area contributed by atoms with Gasteiger partial charge >= 0.3 is 11.5 Å². The number of hydrogen-bond acceptors (Lipinski definition) is 4. The number of rotatable bonds is 4. The number of hydrogen-bond donors (Lipinski definition) is 0. The average molecular weight is 480 g/mol. The van der Waals surface area contributed by atoms with Gasteiger partial charge in [-0.05, 0) is 67.6 Å². The summed E-state index contributed by atoms with van der Waals surface area (Å²) in [6.07, 6.45) is 1.59. The van der Waals surface area contributed by atoms with Crippen LogP contribution < -0.4 is 4.90 Å². The minimum absolute atomic E-state index is 0.0309. The molecule has 0 radical (unpaired) electrons. The molecular formula is C22H17ClF3N3O2S. The Morgan fingerprint density at radius 2 is 1.75 bits per heavy atom. The molecule has 3 aromatic rings. The van der Waals surface area contributed by atoms with E-state index in [1.165, 1.54) is 29.2 Å². The molecule has 0 aliphatic carbocycles. The molecule has 1 aromatic heterocycles. The van der Waals surface area contributed by atoms with E-state index in [9.17, 15) is 22.8 Å². The number of amides is 3. The molecule has 166 valence electrons. The van der Waals surface area contributed by atoms with Crippen LogP contribution in [0.4, 0.5) is 23.7 Å². The van der Waals surface area contributed by atoms with Crippen LogP contribution in [0.3, 0.4) is 0 Å². The van der Waals surface area contributed by atoms with Crippen molar-refractivity contribution in [2.24, 2.45) is 0 Å². The van der Waals surface area contributed by atoms with Crippen LogP contribution in [0.5, 0.6) is 0 Å². The number of alkyl halides is 3.